The third-order valence-electron chi connectivity index (χ3n) is 1.87. The van der Waals surface area contributed by atoms with Crippen LogP contribution in [0, 0.1) is 0 Å². The maximum atomic E-state index is 12.1. The summed E-state index contributed by atoms with van der Waals surface area (Å²) in [6, 6.07) is 0. The zero-order valence-corrected chi connectivity index (χ0v) is 11.6. The highest BCUT2D eigenvalue weighted by Gasteiger charge is 2.36. The van der Waals surface area contributed by atoms with E-state index in [2.05, 4.69) is 0 Å². The Bertz CT molecular complexity index is 276. The first kappa shape index (κ1) is 17.6. The summed E-state index contributed by atoms with van der Waals surface area (Å²) in [6.45, 7) is 6.24. The topological polar surface area (TPSA) is 9.23 Å². The molecule has 0 aromatic rings. The van der Waals surface area contributed by atoms with Gasteiger partial charge in [0.1, 0.15) is 0 Å². The van der Waals surface area contributed by atoms with Crippen molar-refractivity contribution in [2.24, 2.45) is 0 Å². The van der Waals surface area contributed by atoms with Crippen LogP contribution in [0.1, 0.15) is 40.0 Å². The number of hydrogen-bond donors (Lipinski definition) is 0. The molecule has 0 spiro atoms. The molecule has 0 aliphatic heterocycles. The van der Waals surface area contributed by atoms with Crippen LogP contribution in [0.3, 0.4) is 0 Å². The molecule has 0 aromatic carbocycles. The van der Waals surface area contributed by atoms with E-state index in [0.717, 1.165) is 0 Å². The Hall–Kier alpha value is -0.433. The first-order chi connectivity index (χ1) is 8.04. The minimum Gasteiger partial charge on any atom is -0.417 e. The van der Waals surface area contributed by atoms with Gasteiger partial charge in [0.15, 0.2) is 0 Å². The molecule has 18 heavy (non-hydrogen) atoms. The Labute approximate surface area is 106 Å². The highest BCUT2D eigenvalue weighted by Crippen LogP contribution is 2.33. The summed E-state index contributed by atoms with van der Waals surface area (Å²) in [5, 5.41) is 0.0160. The van der Waals surface area contributed by atoms with Crippen LogP contribution in [0.15, 0.2) is 11.7 Å². The monoisotopic (exact) mass is 288 g/mol. The van der Waals surface area contributed by atoms with Gasteiger partial charge in [-0.2, -0.15) is 22.0 Å². The molecule has 0 aliphatic carbocycles. The van der Waals surface area contributed by atoms with Crippen LogP contribution in [-0.4, -0.2) is 22.5 Å². The van der Waals surface area contributed by atoms with E-state index in [1.807, 2.05) is 20.8 Å². The van der Waals surface area contributed by atoms with Gasteiger partial charge in [-0.15, -0.1) is 0 Å². The van der Waals surface area contributed by atoms with Gasteiger partial charge in [-0.25, -0.2) is 0 Å². The Morgan fingerprint density at radius 3 is 2.00 bits per heavy atom. The summed E-state index contributed by atoms with van der Waals surface area (Å²) in [5.41, 5.74) is -1.72. The normalized spacial score (nSPS) is 12.7. The lowest BCUT2D eigenvalue weighted by Crippen LogP contribution is -2.14. The number of unbranched alkanes of at least 4 members (excludes halogenated alkanes) is 1. The lowest BCUT2D eigenvalue weighted by atomic mass is 10.1. The van der Waals surface area contributed by atoms with E-state index in [4.69, 9.17) is 4.43 Å². The number of rotatable bonds is 6. The molecule has 0 fully saturated rings. The van der Waals surface area contributed by atoms with Crippen molar-refractivity contribution in [1.82, 2.24) is 0 Å². The highest BCUT2D eigenvalue weighted by atomic mass is 28.2. The molecule has 106 valence electrons. The zero-order chi connectivity index (χ0) is 14.4. The standard InChI is InChI=1S/C11H17F5OSi/c1-10(2,3)18-17-7-5-4-6-8(9(12)13)11(14,15)16/h4-7H2,1-3H3. The lowest BCUT2D eigenvalue weighted by Gasteiger charge is -2.15. The lowest BCUT2D eigenvalue weighted by molar-refractivity contribution is -0.0978. The summed E-state index contributed by atoms with van der Waals surface area (Å²) in [6.07, 6.45) is -7.85. The summed E-state index contributed by atoms with van der Waals surface area (Å²) in [5.74, 6) is 0. The van der Waals surface area contributed by atoms with E-state index in [1.54, 1.807) is 0 Å². The molecule has 0 N–H and O–H groups in total. The van der Waals surface area contributed by atoms with Crippen LogP contribution in [0.2, 0.25) is 5.04 Å². The number of hydrogen-bond acceptors (Lipinski definition) is 1. The quantitative estimate of drug-likeness (QED) is 0.390. The Kier molecular flexibility index (Phi) is 7.05. The fraction of sp³-hybridized carbons (Fsp3) is 0.818. The fourth-order valence-electron chi connectivity index (χ4n) is 1.09. The Balaban J connectivity index is 3.88. The molecular weight excluding hydrogens is 271 g/mol. The molecule has 0 aliphatic rings. The van der Waals surface area contributed by atoms with Crippen molar-refractivity contribution in [2.45, 2.75) is 51.2 Å². The van der Waals surface area contributed by atoms with E-state index in [-0.39, 0.29) is 21.2 Å². The Morgan fingerprint density at radius 1 is 1.06 bits per heavy atom. The van der Waals surface area contributed by atoms with Gasteiger partial charge in [-0.1, -0.05) is 20.8 Å². The largest absolute Gasteiger partial charge is 0.417 e. The van der Waals surface area contributed by atoms with E-state index in [1.165, 1.54) is 0 Å². The molecule has 0 saturated heterocycles. The van der Waals surface area contributed by atoms with Crippen molar-refractivity contribution in [3.05, 3.63) is 11.7 Å². The van der Waals surface area contributed by atoms with Gasteiger partial charge >= 0.3 is 6.18 Å². The first-order valence-corrected chi connectivity index (χ1v) is 6.45. The SMILES string of the molecule is CC(C)(C)[Si]OCCCCC(=C(F)F)C(F)(F)F. The molecule has 0 atom stereocenters. The van der Waals surface area contributed by atoms with Gasteiger partial charge in [0, 0.05) is 6.61 Å². The summed E-state index contributed by atoms with van der Waals surface area (Å²) in [4.78, 5) is 0. The molecule has 0 rings (SSSR count). The number of halogens is 5. The van der Waals surface area contributed by atoms with Crippen molar-refractivity contribution in [2.75, 3.05) is 6.61 Å². The third kappa shape index (κ3) is 8.63. The number of alkyl halides is 3. The summed E-state index contributed by atoms with van der Waals surface area (Å²) < 4.78 is 65.8. The maximum absolute atomic E-state index is 12.1. The molecular formula is C11H17F5OSi. The van der Waals surface area contributed by atoms with Gasteiger partial charge in [0.05, 0.1) is 5.57 Å². The van der Waals surface area contributed by atoms with Crippen molar-refractivity contribution < 1.29 is 26.4 Å². The molecule has 7 heteroatoms. The number of allylic oxidation sites excluding steroid dienone is 1. The smallest absolute Gasteiger partial charge is 0.417 e. The molecule has 0 amide bonds. The molecule has 2 radical (unpaired) electrons. The van der Waals surface area contributed by atoms with E-state index in [9.17, 15) is 22.0 Å². The van der Waals surface area contributed by atoms with Crippen LogP contribution < -0.4 is 0 Å². The second kappa shape index (κ2) is 7.23. The molecule has 0 aromatic heterocycles. The van der Waals surface area contributed by atoms with Crippen LogP contribution in [0.25, 0.3) is 0 Å². The highest BCUT2D eigenvalue weighted by molar-refractivity contribution is 6.31. The van der Waals surface area contributed by atoms with E-state index in [0.29, 0.717) is 13.0 Å². The molecule has 1 nitrogen and oxygen atoms in total. The molecule has 0 unspecified atom stereocenters. The van der Waals surface area contributed by atoms with Crippen LogP contribution in [-0.2, 0) is 4.43 Å². The van der Waals surface area contributed by atoms with Crippen molar-refractivity contribution in [1.29, 1.82) is 0 Å². The van der Waals surface area contributed by atoms with Crippen molar-refractivity contribution in [3.8, 4) is 0 Å². The van der Waals surface area contributed by atoms with Gasteiger partial charge in [-0.05, 0) is 24.3 Å². The average molecular weight is 288 g/mol. The minimum atomic E-state index is -4.94. The average Bonchev–Trinajstić information content (AvgIpc) is 2.11. The van der Waals surface area contributed by atoms with Crippen molar-refractivity contribution in [3.63, 3.8) is 0 Å². The van der Waals surface area contributed by atoms with Crippen LogP contribution >= 0.6 is 0 Å². The minimum absolute atomic E-state index is 0.0160. The second-order valence-electron chi connectivity index (χ2n) is 4.89. The van der Waals surface area contributed by atoms with E-state index < -0.39 is 24.3 Å². The maximum Gasteiger partial charge on any atom is 0.417 e. The zero-order valence-electron chi connectivity index (χ0n) is 10.6. The van der Waals surface area contributed by atoms with E-state index >= 15 is 0 Å². The predicted molar refractivity (Wildman–Crippen MR) is 60.6 cm³/mol. The molecule has 0 heterocycles. The summed E-state index contributed by atoms with van der Waals surface area (Å²) in [7, 11) is 0.249. The van der Waals surface area contributed by atoms with Gasteiger partial charge in [0.2, 0.25) is 9.76 Å². The second-order valence-corrected chi connectivity index (χ2v) is 6.89. The first-order valence-electron chi connectivity index (χ1n) is 5.54. The van der Waals surface area contributed by atoms with Crippen molar-refractivity contribution >= 4 is 9.76 Å². The molecule has 0 saturated carbocycles. The fourth-order valence-corrected chi connectivity index (χ4v) is 1.77. The predicted octanol–water partition coefficient (Wildman–Crippen LogP) is 4.72. The van der Waals surface area contributed by atoms with Gasteiger partial charge < -0.3 is 4.43 Å². The summed E-state index contributed by atoms with van der Waals surface area (Å²) >= 11 is 0. The molecule has 0 bridgehead atoms. The van der Waals surface area contributed by atoms with Crippen LogP contribution in [0.5, 0.6) is 0 Å². The van der Waals surface area contributed by atoms with Gasteiger partial charge in [-0.3, -0.25) is 0 Å². The van der Waals surface area contributed by atoms with Crippen LogP contribution in [0.4, 0.5) is 22.0 Å². The Morgan fingerprint density at radius 2 is 1.61 bits per heavy atom. The third-order valence-corrected chi connectivity index (χ3v) is 2.83. The van der Waals surface area contributed by atoms with Gasteiger partial charge in [0.25, 0.3) is 6.08 Å².